The molecular weight excluding hydrogens is 373 g/mol. The van der Waals surface area contributed by atoms with Gasteiger partial charge >= 0.3 is 5.97 Å². The van der Waals surface area contributed by atoms with Crippen molar-refractivity contribution in [2.75, 3.05) is 7.11 Å². The lowest BCUT2D eigenvalue weighted by Gasteiger charge is -2.34. The Morgan fingerprint density at radius 2 is 1.86 bits per heavy atom. The maximum Gasteiger partial charge on any atom is 0.328 e. The molecule has 1 atom stereocenters. The number of methoxy groups -OCH3 is 1. The van der Waals surface area contributed by atoms with E-state index in [-0.39, 0.29) is 17.4 Å². The van der Waals surface area contributed by atoms with Gasteiger partial charge < -0.3 is 9.64 Å². The lowest BCUT2D eigenvalue weighted by molar-refractivity contribution is -0.146. The van der Waals surface area contributed by atoms with Gasteiger partial charge in [-0.1, -0.05) is 30.3 Å². The number of nitrogens with zero attached hydrogens (tertiary/aromatic N) is 3. The molecule has 2 heterocycles. The van der Waals surface area contributed by atoms with Crippen molar-refractivity contribution >= 4 is 11.9 Å². The van der Waals surface area contributed by atoms with Crippen LogP contribution in [-0.4, -0.2) is 39.7 Å². The van der Waals surface area contributed by atoms with Gasteiger partial charge in [0, 0.05) is 18.7 Å². The zero-order valence-corrected chi connectivity index (χ0v) is 16.1. The van der Waals surface area contributed by atoms with Crippen LogP contribution in [0.3, 0.4) is 0 Å². The van der Waals surface area contributed by atoms with Crippen LogP contribution in [0.25, 0.3) is 5.69 Å². The first-order valence-corrected chi connectivity index (χ1v) is 9.26. The van der Waals surface area contributed by atoms with Crippen LogP contribution in [0.2, 0.25) is 0 Å². The molecule has 0 fully saturated rings. The summed E-state index contributed by atoms with van der Waals surface area (Å²) in [6.45, 7) is 2.08. The Hall–Kier alpha value is -3.48. The van der Waals surface area contributed by atoms with Crippen molar-refractivity contribution in [2.24, 2.45) is 0 Å². The number of rotatable bonds is 3. The van der Waals surface area contributed by atoms with Crippen molar-refractivity contribution in [1.29, 1.82) is 0 Å². The third kappa shape index (κ3) is 3.51. The highest BCUT2D eigenvalue weighted by Gasteiger charge is 2.36. The van der Waals surface area contributed by atoms with E-state index in [1.165, 1.54) is 28.8 Å². The van der Waals surface area contributed by atoms with Gasteiger partial charge in [0.25, 0.3) is 5.91 Å². The van der Waals surface area contributed by atoms with Gasteiger partial charge in [0.05, 0.1) is 12.8 Å². The Labute approximate surface area is 167 Å². The predicted octanol–water partition coefficient (Wildman–Crippen LogP) is 3.06. The van der Waals surface area contributed by atoms with Crippen LogP contribution in [0.4, 0.5) is 4.39 Å². The molecule has 7 heteroatoms. The summed E-state index contributed by atoms with van der Waals surface area (Å²) >= 11 is 0. The molecule has 0 saturated heterocycles. The maximum atomic E-state index is 13.6. The summed E-state index contributed by atoms with van der Waals surface area (Å²) in [4.78, 5) is 27.1. The van der Waals surface area contributed by atoms with Crippen LogP contribution >= 0.6 is 0 Å². The van der Waals surface area contributed by atoms with Gasteiger partial charge in [0.15, 0.2) is 5.69 Å². The highest BCUT2D eigenvalue weighted by atomic mass is 19.1. The molecule has 4 rings (SSSR count). The van der Waals surface area contributed by atoms with Gasteiger partial charge in [-0.05, 0) is 42.3 Å². The van der Waals surface area contributed by atoms with Gasteiger partial charge in [-0.2, -0.15) is 5.10 Å². The smallest absolute Gasteiger partial charge is 0.328 e. The minimum Gasteiger partial charge on any atom is -0.467 e. The van der Waals surface area contributed by atoms with E-state index in [2.05, 4.69) is 5.10 Å². The molecule has 148 valence electrons. The number of hydrogen-bond donors (Lipinski definition) is 0. The second-order valence-corrected chi connectivity index (χ2v) is 7.01. The number of aryl methyl sites for hydroxylation is 1. The van der Waals surface area contributed by atoms with Crippen LogP contribution in [-0.2, 0) is 22.5 Å². The van der Waals surface area contributed by atoms with Crippen molar-refractivity contribution in [1.82, 2.24) is 14.7 Å². The number of esters is 1. The van der Waals surface area contributed by atoms with E-state index in [9.17, 15) is 14.0 Å². The van der Waals surface area contributed by atoms with Crippen molar-refractivity contribution in [3.8, 4) is 5.69 Å². The molecule has 0 saturated carbocycles. The molecule has 0 radical (unpaired) electrons. The lowest BCUT2D eigenvalue weighted by Crippen LogP contribution is -2.49. The molecule has 1 aliphatic heterocycles. The second-order valence-electron chi connectivity index (χ2n) is 7.01. The SMILES string of the molecule is COC(=O)[C@H]1Cc2ccccc2CN1C(=O)c1cc(C)n(-c2cccc(F)c2)n1. The summed E-state index contributed by atoms with van der Waals surface area (Å²) in [6.07, 6.45) is 0.387. The van der Waals surface area contributed by atoms with Crippen molar-refractivity contribution in [3.05, 3.63) is 82.9 Å². The number of aromatic nitrogens is 2. The van der Waals surface area contributed by atoms with Crippen LogP contribution < -0.4 is 0 Å². The Balaban J connectivity index is 1.69. The molecule has 0 bridgehead atoms. The number of amides is 1. The fourth-order valence-corrected chi connectivity index (χ4v) is 3.68. The number of carbonyl (C=O) groups excluding carboxylic acids is 2. The molecule has 29 heavy (non-hydrogen) atoms. The minimum atomic E-state index is -0.720. The molecule has 0 spiro atoms. The minimum absolute atomic E-state index is 0.194. The highest BCUT2D eigenvalue weighted by Crippen LogP contribution is 2.26. The van der Waals surface area contributed by atoms with Gasteiger partial charge in [0.1, 0.15) is 11.9 Å². The largest absolute Gasteiger partial charge is 0.467 e. The Morgan fingerprint density at radius 3 is 2.59 bits per heavy atom. The number of hydrogen-bond acceptors (Lipinski definition) is 4. The van der Waals surface area contributed by atoms with Crippen LogP contribution in [0.15, 0.2) is 54.6 Å². The summed E-state index contributed by atoms with van der Waals surface area (Å²) in [6, 6.07) is 14.6. The zero-order valence-electron chi connectivity index (χ0n) is 16.1. The van der Waals surface area contributed by atoms with E-state index in [0.717, 1.165) is 11.1 Å². The molecule has 0 unspecified atom stereocenters. The van der Waals surface area contributed by atoms with Gasteiger partial charge in [-0.15, -0.1) is 0 Å². The van der Waals surface area contributed by atoms with Gasteiger partial charge in [-0.3, -0.25) is 4.79 Å². The van der Waals surface area contributed by atoms with E-state index >= 15 is 0 Å². The van der Waals surface area contributed by atoms with E-state index in [0.29, 0.717) is 24.3 Å². The lowest BCUT2D eigenvalue weighted by atomic mass is 9.93. The third-order valence-corrected chi connectivity index (χ3v) is 5.14. The number of halogens is 1. The zero-order chi connectivity index (χ0) is 20.5. The molecule has 2 aromatic carbocycles. The molecule has 0 N–H and O–H groups in total. The summed E-state index contributed by atoms with van der Waals surface area (Å²) in [5.74, 6) is -1.22. The topological polar surface area (TPSA) is 64.4 Å². The highest BCUT2D eigenvalue weighted by molar-refractivity contribution is 5.95. The monoisotopic (exact) mass is 393 g/mol. The Morgan fingerprint density at radius 1 is 1.10 bits per heavy atom. The van der Waals surface area contributed by atoms with E-state index < -0.39 is 12.0 Å². The molecule has 1 aliphatic rings. The summed E-state index contributed by atoms with van der Waals surface area (Å²) in [5, 5.41) is 4.38. The first-order chi connectivity index (χ1) is 14.0. The standard InChI is InChI=1S/C22H20FN3O3/c1-14-10-19(24-26(14)18-9-5-8-17(23)12-18)21(27)25-13-16-7-4-3-6-15(16)11-20(25)22(28)29-2/h3-10,12,20H,11,13H2,1-2H3/t20-/m1/s1. The second kappa shape index (κ2) is 7.50. The molecule has 1 aromatic heterocycles. The molecule has 0 aliphatic carbocycles. The summed E-state index contributed by atoms with van der Waals surface area (Å²) in [5.41, 5.74) is 3.41. The molecule has 6 nitrogen and oxygen atoms in total. The predicted molar refractivity (Wildman–Crippen MR) is 104 cm³/mol. The van der Waals surface area contributed by atoms with Crippen molar-refractivity contribution in [3.63, 3.8) is 0 Å². The fourth-order valence-electron chi connectivity index (χ4n) is 3.68. The first kappa shape index (κ1) is 18.9. The fraction of sp³-hybridized carbons (Fsp3) is 0.227. The van der Waals surface area contributed by atoms with E-state index in [4.69, 9.17) is 4.74 Å². The number of ether oxygens (including phenoxy) is 1. The summed E-state index contributed by atoms with van der Waals surface area (Å²) in [7, 11) is 1.31. The molecular formula is C22H20FN3O3. The summed E-state index contributed by atoms with van der Waals surface area (Å²) < 4.78 is 20.0. The Kier molecular flexibility index (Phi) is 4.88. The third-order valence-electron chi connectivity index (χ3n) is 5.14. The number of carbonyl (C=O) groups is 2. The molecule has 1 amide bonds. The normalized spacial score (nSPS) is 15.7. The van der Waals surface area contributed by atoms with Gasteiger partial charge in [-0.25, -0.2) is 13.9 Å². The van der Waals surface area contributed by atoms with Crippen molar-refractivity contribution in [2.45, 2.75) is 25.9 Å². The average molecular weight is 393 g/mol. The van der Waals surface area contributed by atoms with Crippen LogP contribution in [0.1, 0.15) is 27.3 Å². The average Bonchev–Trinajstić information content (AvgIpc) is 3.13. The maximum absolute atomic E-state index is 13.6. The van der Waals surface area contributed by atoms with Crippen molar-refractivity contribution < 1.29 is 18.7 Å². The Bertz CT molecular complexity index is 1090. The number of fused-ring (bicyclic) bond motifs is 1. The van der Waals surface area contributed by atoms with Crippen LogP contribution in [0.5, 0.6) is 0 Å². The number of benzene rings is 2. The van der Waals surface area contributed by atoms with E-state index in [1.807, 2.05) is 24.3 Å². The molecule has 3 aromatic rings. The first-order valence-electron chi connectivity index (χ1n) is 9.26. The van der Waals surface area contributed by atoms with Crippen LogP contribution in [0, 0.1) is 12.7 Å². The quantitative estimate of drug-likeness (QED) is 0.642. The van der Waals surface area contributed by atoms with Gasteiger partial charge in [0.2, 0.25) is 0 Å². The van der Waals surface area contributed by atoms with E-state index in [1.54, 1.807) is 25.1 Å².